The number of anilines is 6. The average Bonchev–Trinajstić information content (AvgIpc) is 1.38. The second-order valence-electron chi connectivity index (χ2n) is 27.3. The summed E-state index contributed by atoms with van der Waals surface area (Å²) in [6.07, 6.45) is 17.8. The molecule has 0 aromatic heterocycles. The zero-order chi connectivity index (χ0) is 56.1. The molecular weight excluding hydrogens is 1020 g/mol. The Kier molecular flexibility index (Phi) is 12.4. The predicted octanol–water partition coefficient (Wildman–Crippen LogP) is 22.9. The minimum Gasteiger partial charge on any atom is -0.309 e. The molecule has 11 aromatic carbocycles. The summed E-state index contributed by atoms with van der Waals surface area (Å²) in [6, 6.07) is 97.6. The van der Waals surface area contributed by atoms with E-state index in [9.17, 15) is 0 Å². The van der Waals surface area contributed by atoms with Gasteiger partial charge in [0.05, 0.1) is 11.4 Å². The Morgan fingerprint density at radius 3 is 0.765 bits per heavy atom. The Morgan fingerprint density at radius 1 is 0.235 bits per heavy atom. The zero-order valence-corrected chi connectivity index (χ0v) is 48.8. The van der Waals surface area contributed by atoms with Gasteiger partial charge in [0.15, 0.2) is 0 Å². The predicted molar refractivity (Wildman–Crippen MR) is 357 cm³/mol. The number of hydrogen-bond acceptors (Lipinski definition) is 2. The monoisotopic (exact) mass is 1100 g/mol. The van der Waals surface area contributed by atoms with Crippen molar-refractivity contribution in [3.8, 4) is 44.5 Å². The van der Waals surface area contributed by atoms with Gasteiger partial charge in [-0.2, -0.15) is 0 Å². The van der Waals surface area contributed by atoms with Crippen LogP contribution in [0.2, 0.25) is 0 Å². The molecule has 2 heteroatoms. The van der Waals surface area contributed by atoms with E-state index in [-0.39, 0.29) is 10.8 Å². The number of benzene rings is 11. The number of nitrogens with zero attached hydrogens (tertiary/aromatic N) is 2. The van der Waals surface area contributed by atoms with Crippen LogP contribution in [0.25, 0.3) is 66.1 Å². The topological polar surface area (TPSA) is 6.48 Å². The molecule has 0 N–H and O–H groups in total. The molecule has 2 unspecified atom stereocenters. The van der Waals surface area contributed by atoms with Crippen molar-refractivity contribution in [3.63, 3.8) is 0 Å². The molecular formula is C83H74N2. The quantitative estimate of drug-likeness (QED) is 0.0889. The van der Waals surface area contributed by atoms with E-state index in [0.29, 0.717) is 0 Å². The van der Waals surface area contributed by atoms with Crippen molar-refractivity contribution in [2.24, 2.45) is 35.5 Å². The van der Waals surface area contributed by atoms with Crippen LogP contribution in [0.4, 0.5) is 34.1 Å². The third-order valence-corrected chi connectivity index (χ3v) is 22.1. The van der Waals surface area contributed by atoms with E-state index >= 15 is 0 Å². The van der Waals surface area contributed by atoms with Gasteiger partial charge in [0, 0.05) is 44.3 Å². The fourth-order valence-electron chi connectivity index (χ4n) is 18.9. The third kappa shape index (κ3) is 9.04. The summed E-state index contributed by atoms with van der Waals surface area (Å²) in [5.74, 6) is 4.94. The molecule has 416 valence electrons. The summed E-state index contributed by atoms with van der Waals surface area (Å²) < 4.78 is 0. The Hall–Kier alpha value is -8.46. The molecule has 8 fully saturated rings. The van der Waals surface area contributed by atoms with Crippen molar-refractivity contribution in [3.05, 3.63) is 266 Å². The summed E-state index contributed by atoms with van der Waals surface area (Å²) in [5.41, 5.74) is 20.5. The lowest BCUT2D eigenvalue weighted by atomic mass is 9.48. The van der Waals surface area contributed by atoms with Crippen molar-refractivity contribution >= 4 is 55.7 Å². The van der Waals surface area contributed by atoms with E-state index in [0.717, 1.165) is 58.3 Å². The largest absolute Gasteiger partial charge is 0.309 e. The van der Waals surface area contributed by atoms with Crippen molar-refractivity contribution in [1.29, 1.82) is 0 Å². The molecule has 0 saturated heterocycles. The SMILES string of the molecule is c1ccc(-c2ccc(N(c3ccc(-c4ccccc4)cc3)c3c4ccc(C56CC7CC(CC(C7)C5)C6)cc4c(N(c4ccc(-c5ccccc5)cc4)c4ccc(-c5ccccc5)cc4)c4ccc(C56CC7CCC(CC(C7)C5)C6)cc34)cc2)cc1. The van der Waals surface area contributed by atoms with Crippen LogP contribution in [0.5, 0.6) is 0 Å². The van der Waals surface area contributed by atoms with Crippen LogP contribution in [0.1, 0.15) is 94.6 Å². The molecule has 2 atom stereocenters. The van der Waals surface area contributed by atoms with Crippen LogP contribution in [-0.2, 0) is 10.8 Å². The highest BCUT2D eigenvalue weighted by Crippen LogP contribution is 2.63. The van der Waals surface area contributed by atoms with Gasteiger partial charge in [0.2, 0.25) is 0 Å². The molecule has 8 saturated carbocycles. The van der Waals surface area contributed by atoms with Crippen molar-refractivity contribution < 1.29 is 0 Å². The highest BCUT2D eigenvalue weighted by molar-refractivity contribution is 6.23. The average molecular weight is 1100 g/mol. The van der Waals surface area contributed by atoms with E-state index < -0.39 is 0 Å². The van der Waals surface area contributed by atoms with Gasteiger partial charge >= 0.3 is 0 Å². The van der Waals surface area contributed by atoms with Gasteiger partial charge in [0.1, 0.15) is 0 Å². The zero-order valence-electron chi connectivity index (χ0n) is 48.8. The van der Waals surface area contributed by atoms with E-state index in [4.69, 9.17) is 0 Å². The van der Waals surface area contributed by atoms with E-state index in [1.54, 1.807) is 11.1 Å². The molecule has 8 bridgehead atoms. The maximum atomic E-state index is 2.76. The highest BCUT2D eigenvalue weighted by Gasteiger charge is 2.52. The Bertz CT molecular complexity index is 4010. The summed E-state index contributed by atoms with van der Waals surface area (Å²) in [6.45, 7) is 0. The number of rotatable bonds is 12. The molecule has 0 spiro atoms. The third-order valence-electron chi connectivity index (χ3n) is 22.1. The first-order valence-electron chi connectivity index (χ1n) is 32.2. The Labute approximate surface area is 502 Å². The Balaban J connectivity index is 0.966. The fraction of sp³-hybridized carbons (Fsp3) is 0.253. The molecule has 0 amide bonds. The van der Waals surface area contributed by atoms with Gasteiger partial charge in [-0.1, -0.05) is 207 Å². The van der Waals surface area contributed by atoms with E-state index in [1.165, 1.54) is 161 Å². The first kappa shape index (κ1) is 51.0. The van der Waals surface area contributed by atoms with Crippen LogP contribution in [0.3, 0.4) is 0 Å². The Morgan fingerprint density at radius 2 is 0.482 bits per heavy atom. The smallest absolute Gasteiger partial charge is 0.0620 e. The summed E-state index contributed by atoms with van der Waals surface area (Å²) in [5, 5.41) is 5.23. The minimum absolute atomic E-state index is 0.176. The van der Waals surface area contributed by atoms with Crippen molar-refractivity contribution in [2.45, 2.75) is 94.3 Å². The van der Waals surface area contributed by atoms with Crippen LogP contribution >= 0.6 is 0 Å². The highest BCUT2D eigenvalue weighted by atomic mass is 15.2. The first-order chi connectivity index (χ1) is 41.9. The van der Waals surface area contributed by atoms with E-state index in [1.807, 2.05) is 0 Å². The molecule has 8 aliphatic rings. The second-order valence-corrected chi connectivity index (χ2v) is 27.3. The number of fused-ring (bicyclic) bond motifs is 3. The summed E-state index contributed by atoms with van der Waals surface area (Å²) >= 11 is 0. The fourth-order valence-corrected chi connectivity index (χ4v) is 18.9. The van der Waals surface area contributed by atoms with Gasteiger partial charge in [-0.05, 0) is 233 Å². The maximum absolute atomic E-state index is 2.76. The lowest BCUT2D eigenvalue weighted by Gasteiger charge is -2.57. The standard InChI is InChI=1S/C83H74N2/c1-5-13-62(14-6-1)66-23-33-72(34-24-66)84(73-35-25-67(26-36-73)63-15-7-2-8-16-63)80-77-42-32-71(83-53-59-45-60(54-83)47-61(46-59)55-83)49-79(77)81(76-41-31-70(48-78(76)80)82-50-56-21-22-57(51-82)44-58(43-56)52-82)85(74-37-27-68(28-38-74)64-17-9-3-10-18-64)75-39-29-69(30-40-75)65-19-11-4-12-20-65/h1-20,23-42,48-49,56-61H,21-22,43-47,50-55H2. The molecule has 85 heavy (non-hydrogen) atoms. The van der Waals surface area contributed by atoms with Crippen LogP contribution in [-0.4, -0.2) is 0 Å². The first-order valence-corrected chi connectivity index (χ1v) is 32.2. The van der Waals surface area contributed by atoms with Crippen LogP contribution in [0.15, 0.2) is 255 Å². The molecule has 11 aromatic rings. The van der Waals surface area contributed by atoms with Gasteiger partial charge in [-0.15, -0.1) is 0 Å². The van der Waals surface area contributed by atoms with Gasteiger partial charge in [-0.25, -0.2) is 0 Å². The van der Waals surface area contributed by atoms with Crippen molar-refractivity contribution in [1.82, 2.24) is 0 Å². The van der Waals surface area contributed by atoms with Gasteiger partial charge < -0.3 is 9.80 Å². The normalized spacial score (nSPS) is 24.4. The summed E-state index contributed by atoms with van der Waals surface area (Å²) in [7, 11) is 0. The minimum atomic E-state index is 0.176. The molecule has 19 rings (SSSR count). The van der Waals surface area contributed by atoms with Crippen LogP contribution in [0, 0.1) is 35.5 Å². The van der Waals surface area contributed by atoms with Crippen molar-refractivity contribution in [2.75, 3.05) is 9.80 Å². The van der Waals surface area contributed by atoms with Gasteiger partial charge in [-0.3, -0.25) is 0 Å². The molecule has 0 radical (unpaired) electrons. The lowest BCUT2D eigenvalue weighted by molar-refractivity contribution is -0.00512. The van der Waals surface area contributed by atoms with Gasteiger partial charge in [0.25, 0.3) is 0 Å². The summed E-state index contributed by atoms with van der Waals surface area (Å²) in [4.78, 5) is 5.32. The lowest BCUT2D eigenvalue weighted by Crippen LogP contribution is -2.48. The molecule has 8 aliphatic carbocycles. The maximum Gasteiger partial charge on any atom is 0.0620 e. The molecule has 2 nitrogen and oxygen atoms in total. The number of hydrogen-bond donors (Lipinski definition) is 0. The van der Waals surface area contributed by atoms with E-state index in [2.05, 4.69) is 265 Å². The molecule has 0 aliphatic heterocycles. The van der Waals surface area contributed by atoms with Crippen LogP contribution < -0.4 is 9.80 Å². The molecule has 0 heterocycles. The second kappa shape index (κ2) is 20.7.